The van der Waals surface area contributed by atoms with E-state index in [1.165, 1.54) is 27.1 Å². The maximum absolute atomic E-state index is 11.9. The number of hydrogen-bond acceptors (Lipinski definition) is 5. The molecule has 0 aliphatic heterocycles. The standard InChI is InChI=1S/C17H23NO5/c1-21-14-8-13(9-15(10-14)22-2)18-16(19)11-23-17(20)7-12-5-3-4-6-12/h8-10,12H,3-7,11H2,1-2H3,(H,18,19). The topological polar surface area (TPSA) is 73.9 Å². The Bertz CT molecular complexity index is 530. The van der Waals surface area contributed by atoms with Crippen LogP contribution in [0.15, 0.2) is 18.2 Å². The molecule has 1 amide bonds. The summed E-state index contributed by atoms with van der Waals surface area (Å²) < 4.78 is 15.3. The van der Waals surface area contributed by atoms with Gasteiger partial charge in [0, 0.05) is 30.3 Å². The molecule has 1 aliphatic rings. The molecule has 1 aromatic rings. The first-order chi connectivity index (χ1) is 11.1. The SMILES string of the molecule is COc1cc(NC(=O)COC(=O)CC2CCCC2)cc(OC)c1. The van der Waals surface area contributed by atoms with Gasteiger partial charge in [0.15, 0.2) is 6.61 Å². The third-order valence-corrected chi connectivity index (χ3v) is 3.93. The Labute approximate surface area is 136 Å². The van der Waals surface area contributed by atoms with Crippen molar-refractivity contribution < 1.29 is 23.8 Å². The molecule has 23 heavy (non-hydrogen) atoms. The van der Waals surface area contributed by atoms with E-state index in [1.54, 1.807) is 18.2 Å². The number of rotatable bonds is 7. The van der Waals surface area contributed by atoms with Crippen LogP contribution in [0.2, 0.25) is 0 Å². The second kappa shape index (κ2) is 8.41. The Morgan fingerprint density at radius 1 is 1.09 bits per heavy atom. The predicted molar refractivity (Wildman–Crippen MR) is 85.7 cm³/mol. The van der Waals surface area contributed by atoms with Crippen molar-refractivity contribution in [3.8, 4) is 11.5 Å². The van der Waals surface area contributed by atoms with Crippen LogP contribution in [-0.2, 0) is 14.3 Å². The summed E-state index contributed by atoms with van der Waals surface area (Å²) in [4.78, 5) is 23.6. The number of carbonyl (C=O) groups excluding carboxylic acids is 2. The zero-order valence-electron chi connectivity index (χ0n) is 13.6. The molecular weight excluding hydrogens is 298 g/mol. The molecule has 1 aromatic carbocycles. The van der Waals surface area contributed by atoms with Crippen molar-refractivity contribution in [3.05, 3.63) is 18.2 Å². The van der Waals surface area contributed by atoms with Crippen molar-refractivity contribution in [2.24, 2.45) is 5.92 Å². The van der Waals surface area contributed by atoms with Gasteiger partial charge in [-0.2, -0.15) is 0 Å². The monoisotopic (exact) mass is 321 g/mol. The molecule has 1 fully saturated rings. The zero-order valence-corrected chi connectivity index (χ0v) is 13.6. The molecule has 0 unspecified atom stereocenters. The van der Waals surface area contributed by atoms with Crippen LogP contribution >= 0.6 is 0 Å². The maximum Gasteiger partial charge on any atom is 0.306 e. The third-order valence-electron chi connectivity index (χ3n) is 3.93. The van der Waals surface area contributed by atoms with Crippen molar-refractivity contribution in [1.82, 2.24) is 0 Å². The molecule has 0 radical (unpaired) electrons. The number of benzene rings is 1. The van der Waals surface area contributed by atoms with Gasteiger partial charge in [-0.1, -0.05) is 12.8 Å². The fourth-order valence-electron chi connectivity index (χ4n) is 2.73. The molecule has 1 saturated carbocycles. The quantitative estimate of drug-likeness (QED) is 0.782. The molecule has 1 aliphatic carbocycles. The predicted octanol–water partition coefficient (Wildman–Crippen LogP) is 2.77. The van der Waals surface area contributed by atoms with E-state index < -0.39 is 0 Å². The molecule has 126 valence electrons. The lowest BCUT2D eigenvalue weighted by atomic mass is 10.1. The fraction of sp³-hybridized carbons (Fsp3) is 0.529. The summed E-state index contributed by atoms with van der Waals surface area (Å²) in [6.45, 7) is -0.287. The van der Waals surface area contributed by atoms with Gasteiger partial charge in [-0.3, -0.25) is 9.59 Å². The van der Waals surface area contributed by atoms with E-state index in [2.05, 4.69) is 5.32 Å². The Morgan fingerprint density at radius 3 is 2.26 bits per heavy atom. The summed E-state index contributed by atoms with van der Waals surface area (Å²) in [5, 5.41) is 2.66. The lowest BCUT2D eigenvalue weighted by molar-refractivity contribution is -0.148. The number of methoxy groups -OCH3 is 2. The first kappa shape index (κ1) is 17.1. The van der Waals surface area contributed by atoms with E-state index in [-0.39, 0.29) is 18.5 Å². The molecule has 0 heterocycles. The van der Waals surface area contributed by atoms with Gasteiger partial charge in [0.25, 0.3) is 5.91 Å². The first-order valence-electron chi connectivity index (χ1n) is 7.79. The molecule has 0 saturated heterocycles. The highest BCUT2D eigenvalue weighted by Gasteiger charge is 2.19. The molecule has 0 aromatic heterocycles. The third kappa shape index (κ3) is 5.47. The molecule has 2 rings (SSSR count). The van der Waals surface area contributed by atoms with E-state index in [4.69, 9.17) is 14.2 Å². The van der Waals surface area contributed by atoms with Crippen LogP contribution in [0.4, 0.5) is 5.69 Å². The summed E-state index contributed by atoms with van der Waals surface area (Å²) in [7, 11) is 3.07. The van der Waals surface area contributed by atoms with Gasteiger partial charge in [-0.05, 0) is 18.8 Å². The van der Waals surface area contributed by atoms with E-state index in [1.807, 2.05) is 0 Å². The van der Waals surface area contributed by atoms with Crippen LogP contribution in [-0.4, -0.2) is 32.7 Å². The number of amides is 1. The number of hydrogen-bond donors (Lipinski definition) is 1. The first-order valence-corrected chi connectivity index (χ1v) is 7.79. The maximum atomic E-state index is 11.9. The lowest BCUT2D eigenvalue weighted by Crippen LogP contribution is -2.21. The van der Waals surface area contributed by atoms with E-state index in [0.717, 1.165) is 12.8 Å². The minimum absolute atomic E-state index is 0.287. The van der Waals surface area contributed by atoms with Gasteiger partial charge in [0.2, 0.25) is 0 Å². The highest BCUT2D eigenvalue weighted by molar-refractivity contribution is 5.93. The molecule has 6 heteroatoms. The average molecular weight is 321 g/mol. The Balaban J connectivity index is 1.80. The van der Waals surface area contributed by atoms with Gasteiger partial charge < -0.3 is 19.5 Å². The van der Waals surface area contributed by atoms with Crippen molar-refractivity contribution >= 4 is 17.6 Å². The van der Waals surface area contributed by atoms with E-state index >= 15 is 0 Å². The summed E-state index contributed by atoms with van der Waals surface area (Å²) in [5.74, 6) is 0.847. The lowest BCUT2D eigenvalue weighted by Gasteiger charge is -2.11. The number of carbonyl (C=O) groups is 2. The minimum atomic E-state index is -0.389. The van der Waals surface area contributed by atoms with Crippen LogP contribution in [0, 0.1) is 5.92 Å². The van der Waals surface area contributed by atoms with Gasteiger partial charge >= 0.3 is 5.97 Å². The van der Waals surface area contributed by atoms with Crippen molar-refractivity contribution in [2.75, 3.05) is 26.1 Å². The van der Waals surface area contributed by atoms with Gasteiger partial charge in [0.1, 0.15) is 11.5 Å². The second-order valence-corrected chi connectivity index (χ2v) is 5.66. The van der Waals surface area contributed by atoms with E-state index in [0.29, 0.717) is 29.5 Å². The minimum Gasteiger partial charge on any atom is -0.497 e. The summed E-state index contributed by atoms with van der Waals surface area (Å²) in [6, 6.07) is 5.04. The van der Waals surface area contributed by atoms with Crippen LogP contribution in [0.5, 0.6) is 11.5 Å². The van der Waals surface area contributed by atoms with E-state index in [9.17, 15) is 9.59 Å². The smallest absolute Gasteiger partial charge is 0.306 e. The van der Waals surface area contributed by atoms with Crippen molar-refractivity contribution in [3.63, 3.8) is 0 Å². The number of ether oxygens (including phenoxy) is 3. The Kier molecular flexibility index (Phi) is 6.26. The number of esters is 1. The summed E-state index contributed by atoms with van der Waals surface area (Å²) in [5.41, 5.74) is 0.526. The summed E-state index contributed by atoms with van der Waals surface area (Å²) in [6.07, 6.45) is 4.91. The van der Waals surface area contributed by atoms with Crippen LogP contribution in [0.3, 0.4) is 0 Å². The molecule has 0 spiro atoms. The van der Waals surface area contributed by atoms with Crippen molar-refractivity contribution in [1.29, 1.82) is 0 Å². The average Bonchev–Trinajstić information content (AvgIpc) is 3.05. The Hall–Kier alpha value is -2.24. The molecule has 0 atom stereocenters. The van der Waals surface area contributed by atoms with Crippen LogP contribution < -0.4 is 14.8 Å². The fourth-order valence-corrected chi connectivity index (χ4v) is 2.73. The highest BCUT2D eigenvalue weighted by atomic mass is 16.5. The van der Waals surface area contributed by atoms with Crippen LogP contribution in [0.25, 0.3) is 0 Å². The normalized spacial score (nSPS) is 14.3. The highest BCUT2D eigenvalue weighted by Crippen LogP contribution is 2.28. The summed E-state index contributed by atoms with van der Waals surface area (Å²) >= 11 is 0. The molecule has 0 bridgehead atoms. The largest absolute Gasteiger partial charge is 0.497 e. The number of nitrogens with one attached hydrogen (secondary N) is 1. The molecule has 6 nitrogen and oxygen atoms in total. The van der Waals surface area contributed by atoms with Crippen molar-refractivity contribution in [2.45, 2.75) is 32.1 Å². The van der Waals surface area contributed by atoms with Gasteiger partial charge in [0.05, 0.1) is 14.2 Å². The van der Waals surface area contributed by atoms with Crippen LogP contribution in [0.1, 0.15) is 32.1 Å². The zero-order chi connectivity index (χ0) is 16.7. The molecule has 1 N–H and O–H groups in total. The van der Waals surface area contributed by atoms with Gasteiger partial charge in [-0.15, -0.1) is 0 Å². The van der Waals surface area contributed by atoms with Gasteiger partial charge in [-0.25, -0.2) is 0 Å². The Morgan fingerprint density at radius 2 is 1.70 bits per heavy atom. The molecular formula is C17H23NO5. The number of anilines is 1. The second-order valence-electron chi connectivity index (χ2n) is 5.66.